The van der Waals surface area contributed by atoms with Gasteiger partial charge in [-0.25, -0.2) is 0 Å². The molecule has 3 atom stereocenters. The van der Waals surface area contributed by atoms with Gasteiger partial charge in [0.2, 0.25) is 0 Å². The summed E-state index contributed by atoms with van der Waals surface area (Å²) in [5, 5.41) is 12.0. The number of rotatable bonds is 5. The first kappa shape index (κ1) is 16.8. The fraction of sp³-hybridized carbons (Fsp3) is 0.500. The lowest BCUT2D eigenvalue weighted by Gasteiger charge is -2.20. The van der Waals surface area contributed by atoms with Crippen molar-refractivity contribution in [3.05, 3.63) is 28.8 Å². The van der Waals surface area contributed by atoms with Crippen LogP contribution in [-0.4, -0.2) is 18.5 Å². The molecule has 2 aliphatic rings. The molecule has 1 aromatic rings. The monoisotopic (exact) mass is 346 g/mol. The number of hydrogen-bond donors (Lipinski definition) is 1. The van der Waals surface area contributed by atoms with Crippen molar-refractivity contribution in [3.63, 3.8) is 0 Å². The SMILES string of the molecule is N#Cc1ccc(Cl)cc1NC(=O)COC(=O)C[C@H]1C[C@H]2CC[C@@H]1C2. The Hall–Kier alpha value is -2.06. The highest BCUT2D eigenvalue weighted by Gasteiger charge is 2.40. The van der Waals surface area contributed by atoms with E-state index in [1.165, 1.54) is 31.4 Å². The van der Waals surface area contributed by atoms with E-state index in [4.69, 9.17) is 21.6 Å². The van der Waals surface area contributed by atoms with E-state index in [2.05, 4.69) is 5.32 Å². The lowest BCUT2D eigenvalue weighted by Crippen LogP contribution is -2.23. The predicted octanol–water partition coefficient (Wildman–Crippen LogP) is 3.52. The minimum absolute atomic E-state index is 0.307. The van der Waals surface area contributed by atoms with E-state index in [0.29, 0.717) is 34.5 Å². The van der Waals surface area contributed by atoms with Crippen LogP contribution < -0.4 is 5.32 Å². The predicted molar refractivity (Wildman–Crippen MR) is 89.3 cm³/mol. The third kappa shape index (κ3) is 3.88. The Labute approximate surface area is 145 Å². The summed E-state index contributed by atoms with van der Waals surface area (Å²) in [6.07, 6.45) is 5.26. The lowest BCUT2D eigenvalue weighted by atomic mass is 9.86. The van der Waals surface area contributed by atoms with Gasteiger partial charge in [0.1, 0.15) is 6.07 Å². The van der Waals surface area contributed by atoms with Crippen molar-refractivity contribution in [2.45, 2.75) is 32.1 Å². The number of nitrogens with zero attached hydrogens (tertiary/aromatic N) is 1. The van der Waals surface area contributed by atoms with Crippen LogP contribution in [0.2, 0.25) is 5.02 Å². The molecule has 5 nitrogen and oxygen atoms in total. The Morgan fingerprint density at radius 1 is 1.33 bits per heavy atom. The van der Waals surface area contributed by atoms with E-state index in [1.54, 1.807) is 6.07 Å². The molecule has 1 aromatic carbocycles. The number of hydrogen-bond acceptors (Lipinski definition) is 4. The maximum absolute atomic E-state index is 11.9. The number of benzene rings is 1. The van der Waals surface area contributed by atoms with Crippen molar-refractivity contribution >= 4 is 29.2 Å². The first-order chi connectivity index (χ1) is 11.5. The highest BCUT2D eigenvalue weighted by Crippen LogP contribution is 2.49. The molecular formula is C18H19ClN2O3. The summed E-state index contributed by atoms with van der Waals surface area (Å²) in [6.45, 7) is -0.350. The Bertz CT molecular complexity index is 698. The molecule has 0 saturated heterocycles. The summed E-state index contributed by atoms with van der Waals surface area (Å²) in [4.78, 5) is 23.9. The molecule has 0 aromatic heterocycles. The van der Waals surface area contributed by atoms with E-state index in [9.17, 15) is 9.59 Å². The molecule has 2 bridgehead atoms. The number of halogens is 1. The van der Waals surface area contributed by atoms with Crippen molar-refractivity contribution in [1.82, 2.24) is 0 Å². The minimum atomic E-state index is -0.477. The van der Waals surface area contributed by atoms with E-state index in [0.717, 1.165) is 12.3 Å². The maximum atomic E-state index is 11.9. The average molecular weight is 347 g/mol. The van der Waals surface area contributed by atoms with Crippen molar-refractivity contribution in [2.24, 2.45) is 17.8 Å². The van der Waals surface area contributed by atoms with Gasteiger partial charge in [-0.15, -0.1) is 0 Å². The highest BCUT2D eigenvalue weighted by molar-refractivity contribution is 6.31. The lowest BCUT2D eigenvalue weighted by molar-refractivity contribution is -0.148. The van der Waals surface area contributed by atoms with Crippen molar-refractivity contribution in [1.29, 1.82) is 5.26 Å². The zero-order valence-electron chi connectivity index (χ0n) is 13.3. The fourth-order valence-corrected chi connectivity index (χ4v) is 4.12. The van der Waals surface area contributed by atoms with E-state index < -0.39 is 5.91 Å². The van der Waals surface area contributed by atoms with Gasteiger partial charge in [-0.2, -0.15) is 5.26 Å². The van der Waals surface area contributed by atoms with Gasteiger partial charge < -0.3 is 10.1 Å². The molecular weight excluding hydrogens is 328 g/mol. The summed E-state index contributed by atoms with van der Waals surface area (Å²) in [5.41, 5.74) is 0.625. The third-order valence-corrected chi connectivity index (χ3v) is 5.29. The smallest absolute Gasteiger partial charge is 0.306 e. The molecule has 0 heterocycles. The van der Waals surface area contributed by atoms with Gasteiger partial charge in [-0.3, -0.25) is 9.59 Å². The van der Waals surface area contributed by atoms with Crippen LogP contribution in [0.1, 0.15) is 37.7 Å². The Morgan fingerprint density at radius 2 is 2.17 bits per heavy atom. The number of anilines is 1. The summed E-state index contributed by atoms with van der Waals surface area (Å²) in [5.74, 6) is 1.05. The van der Waals surface area contributed by atoms with Gasteiger partial charge in [0.25, 0.3) is 5.91 Å². The summed E-state index contributed by atoms with van der Waals surface area (Å²) < 4.78 is 5.08. The van der Waals surface area contributed by atoms with Crippen LogP contribution in [-0.2, 0) is 14.3 Å². The molecule has 0 spiro atoms. The number of fused-ring (bicyclic) bond motifs is 2. The number of nitrogens with one attached hydrogen (secondary N) is 1. The van der Waals surface area contributed by atoms with Gasteiger partial charge in [0.15, 0.2) is 6.61 Å². The molecule has 1 N–H and O–H groups in total. The Morgan fingerprint density at radius 3 is 2.83 bits per heavy atom. The molecule has 3 rings (SSSR count). The van der Waals surface area contributed by atoms with Gasteiger partial charge >= 0.3 is 5.97 Å². The maximum Gasteiger partial charge on any atom is 0.306 e. The number of carbonyl (C=O) groups excluding carboxylic acids is 2. The zero-order chi connectivity index (χ0) is 17.1. The second kappa shape index (κ2) is 7.23. The fourth-order valence-electron chi connectivity index (χ4n) is 3.95. The summed E-state index contributed by atoms with van der Waals surface area (Å²) >= 11 is 5.86. The second-order valence-corrected chi connectivity index (χ2v) is 7.09. The molecule has 6 heteroatoms. The van der Waals surface area contributed by atoms with Crippen LogP contribution >= 0.6 is 11.6 Å². The van der Waals surface area contributed by atoms with Crippen LogP contribution in [0, 0.1) is 29.1 Å². The van der Waals surface area contributed by atoms with Gasteiger partial charge in [0, 0.05) is 11.4 Å². The van der Waals surface area contributed by atoms with Crippen molar-refractivity contribution < 1.29 is 14.3 Å². The van der Waals surface area contributed by atoms with Crippen LogP contribution in [0.5, 0.6) is 0 Å². The van der Waals surface area contributed by atoms with Crippen molar-refractivity contribution in [2.75, 3.05) is 11.9 Å². The number of amides is 1. The van der Waals surface area contributed by atoms with Gasteiger partial charge in [0.05, 0.1) is 11.3 Å². The van der Waals surface area contributed by atoms with Gasteiger partial charge in [-0.05, 0) is 55.2 Å². The highest BCUT2D eigenvalue weighted by atomic mass is 35.5. The molecule has 0 aliphatic heterocycles. The minimum Gasteiger partial charge on any atom is -0.456 e. The van der Waals surface area contributed by atoms with Crippen LogP contribution in [0.4, 0.5) is 5.69 Å². The second-order valence-electron chi connectivity index (χ2n) is 6.65. The average Bonchev–Trinajstić information content (AvgIpc) is 3.16. The molecule has 0 unspecified atom stereocenters. The Balaban J connectivity index is 1.46. The molecule has 2 saturated carbocycles. The van der Waals surface area contributed by atoms with Crippen LogP contribution in [0.25, 0.3) is 0 Å². The van der Waals surface area contributed by atoms with Crippen LogP contribution in [0.15, 0.2) is 18.2 Å². The molecule has 0 radical (unpaired) electrons. The summed E-state index contributed by atoms with van der Waals surface area (Å²) in [6, 6.07) is 6.57. The van der Waals surface area contributed by atoms with E-state index >= 15 is 0 Å². The van der Waals surface area contributed by atoms with Gasteiger partial charge in [-0.1, -0.05) is 18.0 Å². The van der Waals surface area contributed by atoms with Crippen molar-refractivity contribution in [3.8, 4) is 6.07 Å². The first-order valence-corrected chi connectivity index (χ1v) is 8.58. The number of ether oxygens (including phenoxy) is 1. The third-order valence-electron chi connectivity index (χ3n) is 5.05. The number of carbonyl (C=O) groups is 2. The Kier molecular flexibility index (Phi) is 5.06. The van der Waals surface area contributed by atoms with E-state index in [-0.39, 0.29) is 12.6 Å². The molecule has 2 fully saturated rings. The molecule has 126 valence electrons. The topological polar surface area (TPSA) is 79.2 Å². The normalized spacial score (nSPS) is 24.4. The number of esters is 1. The largest absolute Gasteiger partial charge is 0.456 e. The quantitative estimate of drug-likeness (QED) is 0.827. The molecule has 24 heavy (non-hydrogen) atoms. The zero-order valence-corrected chi connectivity index (χ0v) is 14.0. The van der Waals surface area contributed by atoms with E-state index in [1.807, 2.05) is 6.07 Å². The standard InChI is InChI=1S/C18H19ClN2O3/c19-15-4-3-13(9-20)16(8-15)21-17(22)10-24-18(23)7-14-6-11-1-2-12(14)5-11/h3-4,8,11-12,14H,1-2,5-7,10H2,(H,21,22)/t11-,12+,14+/m0/s1. The summed E-state index contributed by atoms with van der Waals surface area (Å²) in [7, 11) is 0. The number of nitriles is 1. The van der Waals surface area contributed by atoms with Crippen LogP contribution in [0.3, 0.4) is 0 Å². The molecule has 2 aliphatic carbocycles. The molecule has 1 amide bonds. The first-order valence-electron chi connectivity index (χ1n) is 8.20.